The van der Waals surface area contributed by atoms with E-state index in [1.807, 2.05) is 41.3 Å². The van der Waals surface area contributed by atoms with Crippen molar-refractivity contribution in [3.8, 4) is 0 Å². The number of piperazine rings is 1. The molecule has 4 rings (SSSR count). The fraction of sp³-hybridized carbons (Fsp3) is 0.348. The summed E-state index contributed by atoms with van der Waals surface area (Å²) in [5.41, 5.74) is 3.28. The normalized spacial score (nSPS) is 16.5. The lowest BCUT2D eigenvalue weighted by molar-refractivity contribution is 0.185. The third-order valence-corrected chi connectivity index (χ3v) is 6.22. The maximum absolute atomic E-state index is 12.8. The lowest BCUT2D eigenvalue weighted by atomic mass is 10.1. The van der Waals surface area contributed by atoms with Crippen LogP contribution in [-0.4, -0.2) is 46.0 Å². The number of rotatable bonds is 5. The van der Waals surface area contributed by atoms with Gasteiger partial charge in [-0.25, -0.2) is 9.78 Å². The molecule has 3 aromatic rings. The third kappa shape index (κ3) is 4.79. The summed E-state index contributed by atoms with van der Waals surface area (Å²) >= 11 is 1.44. The first-order chi connectivity index (χ1) is 14.6. The van der Waals surface area contributed by atoms with E-state index >= 15 is 0 Å². The van der Waals surface area contributed by atoms with Crippen molar-refractivity contribution in [2.75, 3.05) is 29.9 Å². The summed E-state index contributed by atoms with van der Waals surface area (Å²) in [5.74, 6) is 0.852. The Morgan fingerprint density at radius 3 is 2.70 bits per heavy atom. The number of carbonyl (C=O) groups excluding carboxylic acids is 1. The van der Waals surface area contributed by atoms with E-state index < -0.39 is 0 Å². The van der Waals surface area contributed by atoms with Crippen LogP contribution >= 0.6 is 11.5 Å². The van der Waals surface area contributed by atoms with Gasteiger partial charge in [-0.05, 0) is 36.6 Å². The Morgan fingerprint density at radius 2 is 1.93 bits per heavy atom. The van der Waals surface area contributed by atoms with Crippen LogP contribution in [0, 0.1) is 0 Å². The van der Waals surface area contributed by atoms with E-state index in [0.29, 0.717) is 6.54 Å². The number of amides is 2. The Balaban J connectivity index is 1.35. The molecule has 1 N–H and O–H groups in total. The van der Waals surface area contributed by atoms with Crippen LogP contribution in [0.1, 0.15) is 30.8 Å². The molecule has 0 radical (unpaired) electrons. The number of anilines is 2. The van der Waals surface area contributed by atoms with Crippen molar-refractivity contribution in [2.24, 2.45) is 0 Å². The van der Waals surface area contributed by atoms with Crippen LogP contribution < -0.4 is 10.2 Å². The van der Waals surface area contributed by atoms with E-state index in [-0.39, 0.29) is 12.1 Å². The van der Waals surface area contributed by atoms with Gasteiger partial charge in [0.05, 0.1) is 0 Å². The Kier molecular flexibility index (Phi) is 6.28. The molecular formula is C23H27N5OS. The minimum atomic E-state index is -0.0440. The van der Waals surface area contributed by atoms with Crippen molar-refractivity contribution in [3.63, 3.8) is 0 Å². The zero-order valence-electron chi connectivity index (χ0n) is 17.4. The molecule has 2 aromatic carbocycles. The number of nitrogens with one attached hydrogen (secondary N) is 1. The second kappa shape index (κ2) is 9.26. The quantitative estimate of drug-likeness (QED) is 0.662. The van der Waals surface area contributed by atoms with Gasteiger partial charge >= 0.3 is 6.03 Å². The Labute approximate surface area is 181 Å². The minimum absolute atomic E-state index is 0.0440. The second-order valence-electron chi connectivity index (χ2n) is 7.63. The molecule has 7 heteroatoms. The average Bonchev–Trinajstić information content (AvgIpc) is 3.23. The zero-order chi connectivity index (χ0) is 20.9. The second-order valence-corrected chi connectivity index (χ2v) is 8.36. The molecule has 1 saturated heterocycles. The molecule has 1 aliphatic rings. The van der Waals surface area contributed by atoms with Crippen molar-refractivity contribution >= 4 is 28.4 Å². The molecule has 156 valence electrons. The lowest BCUT2D eigenvalue weighted by Crippen LogP contribution is -2.55. The monoisotopic (exact) mass is 421 g/mol. The molecule has 1 unspecified atom stereocenters. The van der Waals surface area contributed by atoms with Gasteiger partial charge in [0, 0.05) is 49.3 Å². The molecule has 1 fully saturated rings. The maximum Gasteiger partial charge on any atom is 0.322 e. The first-order valence-electron chi connectivity index (χ1n) is 10.4. The molecule has 0 bridgehead atoms. The highest BCUT2D eigenvalue weighted by Gasteiger charge is 2.29. The van der Waals surface area contributed by atoms with Gasteiger partial charge in [-0.2, -0.15) is 4.37 Å². The lowest BCUT2D eigenvalue weighted by Gasteiger charge is -2.39. The van der Waals surface area contributed by atoms with Gasteiger partial charge in [0.1, 0.15) is 5.82 Å². The predicted molar refractivity (Wildman–Crippen MR) is 122 cm³/mol. The summed E-state index contributed by atoms with van der Waals surface area (Å²) in [7, 11) is 0. The molecule has 0 spiro atoms. The summed E-state index contributed by atoms with van der Waals surface area (Å²) in [6, 6.07) is 18.4. The Hall–Kier alpha value is -2.93. The zero-order valence-corrected chi connectivity index (χ0v) is 18.2. The Morgan fingerprint density at radius 1 is 1.13 bits per heavy atom. The third-order valence-electron chi connectivity index (χ3n) is 5.41. The largest absolute Gasteiger partial charge is 0.343 e. The molecule has 1 atom stereocenters. The number of benzene rings is 2. The van der Waals surface area contributed by atoms with E-state index in [2.05, 4.69) is 46.6 Å². The van der Waals surface area contributed by atoms with Gasteiger partial charge in [-0.1, -0.05) is 49.4 Å². The molecular weight excluding hydrogens is 394 g/mol. The molecule has 30 heavy (non-hydrogen) atoms. The van der Waals surface area contributed by atoms with Crippen molar-refractivity contribution in [2.45, 2.75) is 32.7 Å². The van der Waals surface area contributed by atoms with Crippen LogP contribution in [0.3, 0.4) is 0 Å². The van der Waals surface area contributed by atoms with Crippen LogP contribution in [-0.2, 0) is 12.8 Å². The summed E-state index contributed by atoms with van der Waals surface area (Å²) in [4.78, 5) is 21.7. The average molecular weight is 422 g/mol. The molecule has 2 heterocycles. The number of hydrogen-bond acceptors (Lipinski definition) is 5. The molecule has 6 nitrogen and oxygen atoms in total. The van der Waals surface area contributed by atoms with Crippen LogP contribution in [0.5, 0.6) is 0 Å². The van der Waals surface area contributed by atoms with Gasteiger partial charge in [0.15, 0.2) is 0 Å². The number of aryl methyl sites for hydroxylation is 1. The molecule has 2 amide bonds. The highest BCUT2D eigenvalue weighted by Crippen LogP contribution is 2.23. The number of aromatic nitrogens is 2. The van der Waals surface area contributed by atoms with Crippen molar-refractivity contribution in [3.05, 3.63) is 71.5 Å². The maximum atomic E-state index is 12.8. The summed E-state index contributed by atoms with van der Waals surface area (Å²) in [6.45, 7) is 6.37. The number of hydrogen-bond donors (Lipinski definition) is 1. The molecule has 1 aromatic heterocycles. The van der Waals surface area contributed by atoms with Crippen LogP contribution in [0.2, 0.25) is 0 Å². The van der Waals surface area contributed by atoms with E-state index in [0.717, 1.165) is 42.6 Å². The number of urea groups is 1. The smallest absolute Gasteiger partial charge is 0.322 e. The highest BCUT2D eigenvalue weighted by molar-refractivity contribution is 7.09. The van der Waals surface area contributed by atoms with E-state index in [4.69, 9.17) is 4.98 Å². The summed E-state index contributed by atoms with van der Waals surface area (Å²) in [6.07, 6.45) is 1.69. The molecule has 0 saturated carbocycles. The first kappa shape index (κ1) is 20.3. The molecule has 1 aliphatic heterocycles. The fourth-order valence-corrected chi connectivity index (χ4v) is 4.44. The van der Waals surface area contributed by atoms with Gasteiger partial charge in [-0.3, -0.25) is 0 Å². The number of carbonyl (C=O) groups is 1. The van der Waals surface area contributed by atoms with Crippen LogP contribution in [0.15, 0.2) is 54.6 Å². The summed E-state index contributed by atoms with van der Waals surface area (Å²) in [5, 5.41) is 3.98. The van der Waals surface area contributed by atoms with Crippen molar-refractivity contribution in [1.29, 1.82) is 0 Å². The van der Waals surface area contributed by atoms with Gasteiger partial charge in [0.2, 0.25) is 5.13 Å². The number of nitrogens with zero attached hydrogens (tertiary/aromatic N) is 4. The predicted octanol–water partition coefficient (Wildman–Crippen LogP) is 4.43. The Bertz CT molecular complexity index is 990. The van der Waals surface area contributed by atoms with Gasteiger partial charge in [-0.15, -0.1) is 0 Å². The standard InChI is InChI=1S/C23H27N5OS/c1-3-18-10-7-11-20(14-18)24-22(29)28-13-12-27(16-17(28)2)23-25-21(26-30-23)15-19-8-5-4-6-9-19/h4-11,14,17H,3,12-13,15-16H2,1-2H3,(H,24,29). The topological polar surface area (TPSA) is 61.4 Å². The minimum Gasteiger partial charge on any atom is -0.343 e. The first-order valence-corrected chi connectivity index (χ1v) is 11.2. The van der Waals surface area contributed by atoms with Gasteiger partial charge < -0.3 is 15.1 Å². The highest BCUT2D eigenvalue weighted by atomic mass is 32.1. The molecule has 0 aliphatic carbocycles. The van der Waals surface area contributed by atoms with Gasteiger partial charge in [0.25, 0.3) is 0 Å². The van der Waals surface area contributed by atoms with Crippen LogP contribution in [0.4, 0.5) is 15.6 Å². The van der Waals surface area contributed by atoms with Crippen LogP contribution in [0.25, 0.3) is 0 Å². The van der Waals surface area contributed by atoms with Crippen molar-refractivity contribution < 1.29 is 4.79 Å². The fourth-order valence-electron chi connectivity index (χ4n) is 3.72. The SMILES string of the molecule is CCc1cccc(NC(=O)N2CCN(c3nc(Cc4ccccc4)ns3)CC2C)c1. The van der Waals surface area contributed by atoms with E-state index in [9.17, 15) is 4.79 Å². The van der Waals surface area contributed by atoms with E-state index in [1.54, 1.807) is 0 Å². The summed E-state index contributed by atoms with van der Waals surface area (Å²) < 4.78 is 4.53. The van der Waals surface area contributed by atoms with Crippen molar-refractivity contribution in [1.82, 2.24) is 14.3 Å². The van der Waals surface area contributed by atoms with E-state index in [1.165, 1.54) is 22.7 Å².